The van der Waals surface area contributed by atoms with Crippen LogP contribution in [0, 0.1) is 0 Å². The van der Waals surface area contributed by atoms with Gasteiger partial charge in [-0.05, 0) is 36.4 Å². The maximum absolute atomic E-state index is 13.0. The Balaban J connectivity index is 1.66. The zero-order valence-corrected chi connectivity index (χ0v) is 18.2. The standard InChI is InChI=1S/C22H17F3N4O3S/c1-28(16-7-9-17(10-8-16)33(2,31)32)21(30)18-13-29-19(11-27-20(29)12-26-18)14-3-5-15(6-4-14)22(23,24)25/h3-13H,1-2H3. The summed E-state index contributed by atoms with van der Waals surface area (Å²) < 4.78 is 63.4. The van der Waals surface area contributed by atoms with Gasteiger partial charge >= 0.3 is 6.18 Å². The minimum absolute atomic E-state index is 0.0725. The van der Waals surface area contributed by atoms with Crippen molar-refractivity contribution in [3.8, 4) is 11.3 Å². The molecule has 4 aromatic rings. The van der Waals surface area contributed by atoms with Crippen molar-refractivity contribution in [3.05, 3.63) is 78.4 Å². The van der Waals surface area contributed by atoms with Gasteiger partial charge in [-0.25, -0.2) is 18.4 Å². The first-order valence-corrected chi connectivity index (χ1v) is 11.4. The molecule has 0 saturated heterocycles. The molecule has 0 unspecified atom stereocenters. The third-order valence-corrected chi connectivity index (χ3v) is 6.21. The monoisotopic (exact) mass is 474 g/mol. The lowest BCUT2D eigenvalue weighted by molar-refractivity contribution is -0.137. The molecule has 0 aliphatic heterocycles. The van der Waals surface area contributed by atoms with Crippen molar-refractivity contribution in [2.45, 2.75) is 11.1 Å². The number of anilines is 1. The van der Waals surface area contributed by atoms with Crippen molar-refractivity contribution in [2.75, 3.05) is 18.2 Å². The Hall–Kier alpha value is -3.73. The number of rotatable bonds is 4. The first-order chi connectivity index (χ1) is 15.4. The maximum atomic E-state index is 13.0. The summed E-state index contributed by atoms with van der Waals surface area (Å²) >= 11 is 0. The van der Waals surface area contributed by atoms with Crippen LogP contribution in [0.1, 0.15) is 16.1 Å². The largest absolute Gasteiger partial charge is 0.416 e. The van der Waals surface area contributed by atoms with E-state index >= 15 is 0 Å². The Morgan fingerprint density at radius 2 is 1.61 bits per heavy atom. The van der Waals surface area contributed by atoms with E-state index in [-0.39, 0.29) is 10.6 Å². The Morgan fingerprint density at radius 1 is 0.970 bits per heavy atom. The fraction of sp³-hybridized carbons (Fsp3) is 0.136. The highest BCUT2D eigenvalue weighted by atomic mass is 32.2. The topological polar surface area (TPSA) is 84.6 Å². The summed E-state index contributed by atoms with van der Waals surface area (Å²) in [5, 5.41) is 0. The van der Waals surface area contributed by atoms with Gasteiger partial charge in [0.25, 0.3) is 5.91 Å². The van der Waals surface area contributed by atoms with Gasteiger partial charge in [-0.15, -0.1) is 0 Å². The van der Waals surface area contributed by atoms with E-state index in [0.717, 1.165) is 18.4 Å². The van der Waals surface area contributed by atoms with Crippen LogP contribution in [0.4, 0.5) is 18.9 Å². The van der Waals surface area contributed by atoms with E-state index in [0.29, 0.717) is 22.6 Å². The fourth-order valence-electron chi connectivity index (χ4n) is 3.25. The van der Waals surface area contributed by atoms with Crippen molar-refractivity contribution >= 4 is 27.1 Å². The van der Waals surface area contributed by atoms with Gasteiger partial charge in [-0.3, -0.25) is 9.20 Å². The number of carbonyl (C=O) groups excluding carboxylic acids is 1. The highest BCUT2D eigenvalue weighted by Gasteiger charge is 2.30. The van der Waals surface area contributed by atoms with Gasteiger partial charge in [-0.1, -0.05) is 12.1 Å². The van der Waals surface area contributed by atoms with Gasteiger partial charge in [0.2, 0.25) is 0 Å². The molecule has 2 aromatic carbocycles. The van der Waals surface area contributed by atoms with Gasteiger partial charge in [0.05, 0.1) is 28.5 Å². The predicted molar refractivity (Wildman–Crippen MR) is 116 cm³/mol. The third-order valence-electron chi connectivity index (χ3n) is 5.08. The van der Waals surface area contributed by atoms with E-state index in [4.69, 9.17) is 0 Å². The number of alkyl halides is 3. The summed E-state index contributed by atoms with van der Waals surface area (Å²) in [4.78, 5) is 22.8. The quantitative estimate of drug-likeness (QED) is 0.445. The lowest BCUT2D eigenvalue weighted by Crippen LogP contribution is -2.27. The zero-order chi connectivity index (χ0) is 24.0. The third kappa shape index (κ3) is 4.44. The van der Waals surface area contributed by atoms with E-state index in [1.54, 1.807) is 4.40 Å². The minimum Gasteiger partial charge on any atom is -0.310 e. The average Bonchev–Trinajstić information content (AvgIpc) is 3.20. The molecule has 0 aliphatic rings. The zero-order valence-electron chi connectivity index (χ0n) is 17.4. The van der Waals surface area contributed by atoms with Crippen LogP contribution in [0.3, 0.4) is 0 Å². The van der Waals surface area contributed by atoms with Crippen LogP contribution in [0.15, 0.2) is 72.0 Å². The highest BCUT2D eigenvalue weighted by Crippen LogP contribution is 2.31. The van der Waals surface area contributed by atoms with Crippen LogP contribution in [-0.4, -0.2) is 42.0 Å². The second kappa shape index (κ2) is 8.00. The van der Waals surface area contributed by atoms with E-state index in [9.17, 15) is 26.4 Å². The molecule has 4 rings (SSSR count). The molecule has 0 N–H and O–H groups in total. The van der Waals surface area contributed by atoms with Gasteiger partial charge < -0.3 is 4.90 Å². The predicted octanol–water partition coefficient (Wildman–Crippen LogP) is 4.10. The number of amides is 1. The molecule has 33 heavy (non-hydrogen) atoms. The lowest BCUT2D eigenvalue weighted by Gasteiger charge is -2.17. The number of carbonyl (C=O) groups is 1. The maximum Gasteiger partial charge on any atom is 0.416 e. The number of imidazole rings is 1. The van der Waals surface area contributed by atoms with Gasteiger partial charge in [-0.2, -0.15) is 13.2 Å². The average molecular weight is 474 g/mol. The summed E-state index contributed by atoms with van der Waals surface area (Å²) in [5.41, 5.74) is 1.18. The van der Waals surface area contributed by atoms with Crippen LogP contribution in [0.5, 0.6) is 0 Å². The fourth-order valence-corrected chi connectivity index (χ4v) is 3.88. The van der Waals surface area contributed by atoms with Crippen LogP contribution < -0.4 is 4.90 Å². The highest BCUT2D eigenvalue weighted by molar-refractivity contribution is 7.90. The Labute approximate surface area is 187 Å². The van der Waals surface area contributed by atoms with Crippen molar-refractivity contribution in [3.63, 3.8) is 0 Å². The van der Waals surface area contributed by atoms with E-state index in [2.05, 4.69) is 9.97 Å². The normalized spacial score (nSPS) is 12.2. The lowest BCUT2D eigenvalue weighted by atomic mass is 10.1. The summed E-state index contributed by atoms with van der Waals surface area (Å²) in [5.74, 6) is -0.462. The number of halogens is 3. The Morgan fingerprint density at radius 3 is 2.18 bits per heavy atom. The molecular weight excluding hydrogens is 457 g/mol. The SMILES string of the molecule is CN(C(=O)c1cn2c(-c3ccc(C(F)(F)F)cc3)cnc2cn1)c1ccc(S(C)(=O)=O)cc1. The van der Waals surface area contributed by atoms with Crippen molar-refractivity contribution < 1.29 is 26.4 Å². The number of hydrogen-bond donors (Lipinski definition) is 0. The van der Waals surface area contributed by atoms with E-state index in [1.807, 2.05) is 0 Å². The molecule has 1 amide bonds. The second-order valence-corrected chi connectivity index (χ2v) is 9.37. The Bertz CT molecular complexity index is 1450. The molecule has 0 radical (unpaired) electrons. The van der Waals surface area contributed by atoms with Crippen molar-refractivity contribution in [2.24, 2.45) is 0 Å². The summed E-state index contributed by atoms with van der Waals surface area (Å²) in [6.45, 7) is 0. The number of hydrogen-bond acceptors (Lipinski definition) is 5. The van der Waals surface area contributed by atoms with Crippen molar-refractivity contribution in [1.29, 1.82) is 0 Å². The number of nitrogens with zero attached hydrogens (tertiary/aromatic N) is 4. The molecule has 170 valence electrons. The van der Waals surface area contributed by atoms with Gasteiger partial charge in [0, 0.05) is 30.8 Å². The van der Waals surface area contributed by atoms with Crippen LogP contribution >= 0.6 is 0 Å². The summed E-state index contributed by atoms with van der Waals surface area (Å²) in [6, 6.07) is 10.5. The van der Waals surface area contributed by atoms with Crippen LogP contribution in [0.25, 0.3) is 16.9 Å². The molecule has 0 fully saturated rings. The van der Waals surface area contributed by atoms with Crippen LogP contribution in [0.2, 0.25) is 0 Å². The summed E-state index contributed by atoms with van der Waals surface area (Å²) in [6.07, 6.45) is 0.989. The Kier molecular flexibility index (Phi) is 5.44. The molecule has 2 heterocycles. The second-order valence-electron chi connectivity index (χ2n) is 7.35. The number of fused-ring (bicyclic) bond motifs is 1. The van der Waals surface area contributed by atoms with Crippen molar-refractivity contribution in [1.82, 2.24) is 14.4 Å². The van der Waals surface area contributed by atoms with Crippen LogP contribution in [-0.2, 0) is 16.0 Å². The molecule has 0 aliphatic carbocycles. The van der Waals surface area contributed by atoms with E-state index < -0.39 is 27.5 Å². The molecular formula is C22H17F3N4O3S. The number of sulfone groups is 1. The molecule has 2 aromatic heterocycles. The molecule has 0 spiro atoms. The van der Waals surface area contributed by atoms with Gasteiger partial charge in [0.15, 0.2) is 15.5 Å². The molecule has 7 nitrogen and oxygen atoms in total. The smallest absolute Gasteiger partial charge is 0.310 e. The summed E-state index contributed by atoms with van der Waals surface area (Å²) in [7, 11) is -1.84. The first-order valence-electron chi connectivity index (χ1n) is 9.54. The molecule has 0 bridgehead atoms. The van der Waals surface area contributed by atoms with Gasteiger partial charge in [0.1, 0.15) is 5.69 Å². The molecule has 11 heteroatoms. The first kappa shape index (κ1) is 22.5. The number of benzene rings is 2. The molecule has 0 atom stereocenters. The number of aromatic nitrogens is 3. The minimum atomic E-state index is -4.44. The molecule has 0 saturated carbocycles. The van der Waals surface area contributed by atoms with E-state index in [1.165, 1.54) is 66.9 Å².